The van der Waals surface area contributed by atoms with Crippen LogP contribution in [0, 0.1) is 6.92 Å². The van der Waals surface area contributed by atoms with E-state index in [0.29, 0.717) is 5.02 Å². The fourth-order valence-electron chi connectivity index (χ4n) is 2.43. The molecule has 0 aliphatic carbocycles. The molecule has 3 aromatic rings. The SMILES string of the molecule is Cc1cccc2cc(C(NN)c3cc(Br)ccc3Cl)oc12. The molecular formula is C16H14BrClN2O. The summed E-state index contributed by atoms with van der Waals surface area (Å²) >= 11 is 9.75. The second-order valence-corrected chi connectivity index (χ2v) is 6.23. The number of aryl methyl sites for hydroxylation is 1. The summed E-state index contributed by atoms with van der Waals surface area (Å²) in [5.74, 6) is 6.47. The topological polar surface area (TPSA) is 51.2 Å². The lowest BCUT2D eigenvalue weighted by Gasteiger charge is -2.15. The van der Waals surface area contributed by atoms with Crippen molar-refractivity contribution in [1.29, 1.82) is 0 Å². The minimum absolute atomic E-state index is 0.304. The lowest BCUT2D eigenvalue weighted by atomic mass is 10.0. The van der Waals surface area contributed by atoms with Gasteiger partial charge in [0.1, 0.15) is 17.4 Å². The largest absolute Gasteiger partial charge is 0.459 e. The molecule has 0 fully saturated rings. The van der Waals surface area contributed by atoms with E-state index in [1.165, 1.54) is 0 Å². The molecule has 1 atom stereocenters. The molecule has 0 aliphatic rings. The molecule has 3 nitrogen and oxygen atoms in total. The maximum atomic E-state index is 6.29. The van der Waals surface area contributed by atoms with Crippen LogP contribution in [-0.2, 0) is 0 Å². The Kier molecular flexibility index (Phi) is 4.04. The summed E-state index contributed by atoms with van der Waals surface area (Å²) < 4.78 is 6.92. The predicted molar refractivity (Wildman–Crippen MR) is 89.3 cm³/mol. The summed E-state index contributed by atoms with van der Waals surface area (Å²) in [5, 5.41) is 1.69. The Hall–Kier alpha value is -1.33. The fourth-order valence-corrected chi connectivity index (χ4v) is 3.04. The van der Waals surface area contributed by atoms with E-state index in [4.69, 9.17) is 21.9 Å². The normalized spacial score (nSPS) is 12.8. The Labute approximate surface area is 136 Å². The summed E-state index contributed by atoms with van der Waals surface area (Å²) in [5.41, 5.74) is 5.62. The highest BCUT2D eigenvalue weighted by molar-refractivity contribution is 9.10. The van der Waals surface area contributed by atoms with Crippen molar-refractivity contribution in [3.05, 3.63) is 68.8 Å². The number of nitrogens with one attached hydrogen (secondary N) is 1. The van der Waals surface area contributed by atoms with Crippen LogP contribution in [0.25, 0.3) is 11.0 Å². The molecule has 0 bridgehead atoms. The average Bonchev–Trinajstić information content (AvgIpc) is 2.89. The zero-order chi connectivity index (χ0) is 15.0. The van der Waals surface area contributed by atoms with Gasteiger partial charge in [-0.3, -0.25) is 5.84 Å². The van der Waals surface area contributed by atoms with Crippen molar-refractivity contribution >= 4 is 38.5 Å². The van der Waals surface area contributed by atoms with Crippen molar-refractivity contribution in [3.63, 3.8) is 0 Å². The van der Waals surface area contributed by atoms with Gasteiger partial charge in [0.2, 0.25) is 0 Å². The van der Waals surface area contributed by atoms with E-state index in [9.17, 15) is 0 Å². The van der Waals surface area contributed by atoms with Crippen molar-refractivity contribution in [3.8, 4) is 0 Å². The Morgan fingerprint density at radius 3 is 2.76 bits per heavy atom. The number of nitrogens with two attached hydrogens (primary N) is 1. The Morgan fingerprint density at radius 1 is 1.24 bits per heavy atom. The van der Waals surface area contributed by atoms with Gasteiger partial charge >= 0.3 is 0 Å². The first kappa shape index (κ1) is 14.6. The summed E-state index contributed by atoms with van der Waals surface area (Å²) in [6, 6.07) is 13.4. The van der Waals surface area contributed by atoms with E-state index in [1.54, 1.807) is 0 Å². The van der Waals surface area contributed by atoms with E-state index >= 15 is 0 Å². The summed E-state index contributed by atoms with van der Waals surface area (Å²) in [4.78, 5) is 0. The molecule has 108 valence electrons. The lowest BCUT2D eigenvalue weighted by molar-refractivity contribution is 0.476. The number of benzene rings is 2. The summed E-state index contributed by atoms with van der Waals surface area (Å²) in [6.45, 7) is 2.02. The first-order chi connectivity index (χ1) is 10.1. The number of fused-ring (bicyclic) bond motifs is 1. The molecule has 0 aliphatic heterocycles. The van der Waals surface area contributed by atoms with Gasteiger partial charge in [0.15, 0.2) is 0 Å². The molecule has 1 heterocycles. The van der Waals surface area contributed by atoms with Crippen LogP contribution < -0.4 is 11.3 Å². The molecule has 21 heavy (non-hydrogen) atoms. The van der Waals surface area contributed by atoms with Crippen LogP contribution in [0.5, 0.6) is 0 Å². The molecular weight excluding hydrogens is 352 g/mol. The van der Waals surface area contributed by atoms with Crippen LogP contribution >= 0.6 is 27.5 Å². The molecule has 0 spiro atoms. The fraction of sp³-hybridized carbons (Fsp3) is 0.125. The molecule has 1 aromatic heterocycles. The first-order valence-electron chi connectivity index (χ1n) is 6.50. The standard InChI is InChI=1S/C16H14BrClN2O/c1-9-3-2-4-10-7-14(21-16(9)10)15(20-19)12-8-11(17)5-6-13(12)18/h2-8,15,20H,19H2,1H3. The van der Waals surface area contributed by atoms with Gasteiger partial charge in [0.25, 0.3) is 0 Å². The number of hydrogen-bond donors (Lipinski definition) is 2. The van der Waals surface area contributed by atoms with Crippen LogP contribution in [0.1, 0.15) is 22.9 Å². The quantitative estimate of drug-likeness (QED) is 0.522. The smallest absolute Gasteiger partial charge is 0.137 e. The van der Waals surface area contributed by atoms with Crippen molar-refractivity contribution < 1.29 is 4.42 Å². The van der Waals surface area contributed by atoms with Crippen LogP contribution in [0.3, 0.4) is 0 Å². The molecule has 2 aromatic carbocycles. The van der Waals surface area contributed by atoms with E-state index in [1.807, 2.05) is 49.4 Å². The maximum Gasteiger partial charge on any atom is 0.137 e. The minimum atomic E-state index is -0.304. The average molecular weight is 366 g/mol. The van der Waals surface area contributed by atoms with Gasteiger partial charge in [-0.1, -0.05) is 45.7 Å². The van der Waals surface area contributed by atoms with Crippen molar-refractivity contribution in [2.75, 3.05) is 0 Å². The van der Waals surface area contributed by atoms with Crippen molar-refractivity contribution in [1.82, 2.24) is 5.43 Å². The second-order valence-electron chi connectivity index (χ2n) is 4.91. The third kappa shape index (κ3) is 2.72. The molecule has 1 unspecified atom stereocenters. The first-order valence-corrected chi connectivity index (χ1v) is 7.67. The molecule has 5 heteroatoms. The highest BCUT2D eigenvalue weighted by Crippen LogP contribution is 2.33. The van der Waals surface area contributed by atoms with E-state index in [2.05, 4.69) is 21.4 Å². The van der Waals surface area contributed by atoms with Crippen molar-refractivity contribution in [2.45, 2.75) is 13.0 Å². The second kappa shape index (κ2) is 5.81. The van der Waals surface area contributed by atoms with Gasteiger partial charge in [-0.25, -0.2) is 5.43 Å². The third-order valence-corrected chi connectivity index (χ3v) is 4.32. The van der Waals surface area contributed by atoms with Crippen molar-refractivity contribution in [2.24, 2.45) is 5.84 Å². The number of furan rings is 1. The van der Waals surface area contributed by atoms with Gasteiger partial charge in [0, 0.05) is 14.9 Å². The van der Waals surface area contributed by atoms with Gasteiger partial charge in [-0.2, -0.15) is 0 Å². The Bertz CT molecular complexity index is 800. The van der Waals surface area contributed by atoms with Gasteiger partial charge in [-0.15, -0.1) is 0 Å². The monoisotopic (exact) mass is 364 g/mol. The zero-order valence-electron chi connectivity index (χ0n) is 11.4. The number of hydrogen-bond acceptors (Lipinski definition) is 3. The number of hydrazine groups is 1. The molecule has 3 N–H and O–H groups in total. The number of halogens is 2. The number of para-hydroxylation sites is 1. The predicted octanol–water partition coefficient (Wildman–Crippen LogP) is 4.71. The van der Waals surface area contributed by atoms with Gasteiger partial charge < -0.3 is 4.42 Å². The molecule has 0 saturated heterocycles. The summed E-state index contributed by atoms with van der Waals surface area (Å²) in [6.07, 6.45) is 0. The van der Waals surface area contributed by atoms with E-state index < -0.39 is 0 Å². The Morgan fingerprint density at radius 2 is 2.05 bits per heavy atom. The Balaban J connectivity index is 2.13. The highest BCUT2D eigenvalue weighted by atomic mass is 79.9. The van der Waals surface area contributed by atoms with E-state index in [-0.39, 0.29) is 6.04 Å². The molecule has 3 rings (SSSR count). The minimum Gasteiger partial charge on any atom is -0.459 e. The van der Waals surface area contributed by atoms with Crippen LogP contribution in [0.4, 0.5) is 0 Å². The molecule has 0 saturated carbocycles. The van der Waals surface area contributed by atoms with Gasteiger partial charge in [0.05, 0.1) is 0 Å². The number of rotatable bonds is 3. The van der Waals surface area contributed by atoms with Crippen LogP contribution in [0.2, 0.25) is 5.02 Å². The maximum absolute atomic E-state index is 6.29. The lowest BCUT2D eigenvalue weighted by Crippen LogP contribution is -2.28. The van der Waals surface area contributed by atoms with Gasteiger partial charge in [-0.05, 0) is 42.3 Å². The molecule has 0 amide bonds. The highest BCUT2D eigenvalue weighted by Gasteiger charge is 2.20. The van der Waals surface area contributed by atoms with Crippen LogP contribution in [0.15, 0.2) is 51.4 Å². The zero-order valence-corrected chi connectivity index (χ0v) is 13.7. The summed E-state index contributed by atoms with van der Waals surface area (Å²) in [7, 11) is 0. The van der Waals surface area contributed by atoms with E-state index in [0.717, 1.165) is 32.3 Å². The van der Waals surface area contributed by atoms with Crippen LogP contribution in [-0.4, -0.2) is 0 Å². The third-order valence-electron chi connectivity index (χ3n) is 3.48. The molecule has 0 radical (unpaired) electrons.